The zero-order chi connectivity index (χ0) is 14.2. The van der Waals surface area contributed by atoms with E-state index >= 15 is 0 Å². The third kappa shape index (κ3) is 5.28. The standard InChI is InChI=1S/C14H24N4O2/c1-11-17-14(20-18-11)6-2-5-13(19)16-9-7-12-4-3-8-15-10-12/h12,15H,2-10H2,1H3,(H,16,19). The van der Waals surface area contributed by atoms with Crippen molar-refractivity contribution in [3.05, 3.63) is 11.7 Å². The van der Waals surface area contributed by atoms with Crippen molar-refractivity contribution in [2.45, 2.75) is 45.4 Å². The number of hydrogen-bond donors (Lipinski definition) is 2. The normalized spacial score (nSPS) is 18.9. The molecule has 2 heterocycles. The summed E-state index contributed by atoms with van der Waals surface area (Å²) in [5.74, 6) is 2.09. The second-order valence-corrected chi connectivity index (χ2v) is 5.44. The molecule has 112 valence electrons. The molecule has 0 spiro atoms. The Hall–Kier alpha value is -1.43. The van der Waals surface area contributed by atoms with Crippen molar-refractivity contribution in [3.8, 4) is 0 Å². The lowest BCUT2D eigenvalue weighted by Crippen LogP contribution is -2.33. The third-order valence-electron chi connectivity index (χ3n) is 3.64. The van der Waals surface area contributed by atoms with E-state index in [1.807, 2.05) is 0 Å². The molecule has 0 saturated carbocycles. The topological polar surface area (TPSA) is 80.0 Å². The van der Waals surface area contributed by atoms with Gasteiger partial charge in [0.15, 0.2) is 5.82 Å². The Labute approximate surface area is 119 Å². The predicted molar refractivity (Wildman–Crippen MR) is 75.2 cm³/mol. The summed E-state index contributed by atoms with van der Waals surface area (Å²) >= 11 is 0. The average molecular weight is 280 g/mol. The van der Waals surface area contributed by atoms with E-state index in [1.165, 1.54) is 12.8 Å². The Balaban J connectivity index is 1.51. The lowest BCUT2D eigenvalue weighted by Gasteiger charge is -2.22. The van der Waals surface area contributed by atoms with Crippen LogP contribution < -0.4 is 10.6 Å². The number of nitrogens with zero attached hydrogens (tertiary/aromatic N) is 2. The van der Waals surface area contributed by atoms with Gasteiger partial charge in [0.25, 0.3) is 0 Å². The molecule has 0 aliphatic carbocycles. The molecule has 20 heavy (non-hydrogen) atoms. The smallest absolute Gasteiger partial charge is 0.226 e. The number of carbonyl (C=O) groups is 1. The molecule has 1 aliphatic rings. The molecular formula is C14H24N4O2. The second-order valence-electron chi connectivity index (χ2n) is 5.44. The average Bonchev–Trinajstić information content (AvgIpc) is 2.86. The van der Waals surface area contributed by atoms with Gasteiger partial charge in [0, 0.05) is 19.4 Å². The molecule has 1 fully saturated rings. The van der Waals surface area contributed by atoms with Crippen molar-refractivity contribution < 1.29 is 9.32 Å². The molecule has 0 radical (unpaired) electrons. The van der Waals surface area contributed by atoms with Crippen LogP contribution in [0, 0.1) is 12.8 Å². The van der Waals surface area contributed by atoms with Crippen LogP contribution in [-0.4, -0.2) is 35.7 Å². The summed E-state index contributed by atoms with van der Waals surface area (Å²) in [5, 5.41) is 10.1. The van der Waals surface area contributed by atoms with Gasteiger partial charge < -0.3 is 15.2 Å². The molecule has 1 aromatic rings. The van der Waals surface area contributed by atoms with Gasteiger partial charge in [0.1, 0.15) is 0 Å². The molecule has 1 amide bonds. The minimum absolute atomic E-state index is 0.116. The van der Waals surface area contributed by atoms with Gasteiger partial charge in [-0.1, -0.05) is 5.16 Å². The van der Waals surface area contributed by atoms with Crippen LogP contribution in [0.5, 0.6) is 0 Å². The number of rotatable bonds is 7. The van der Waals surface area contributed by atoms with Crippen LogP contribution in [0.1, 0.15) is 43.8 Å². The highest BCUT2D eigenvalue weighted by Gasteiger charge is 2.12. The zero-order valence-corrected chi connectivity index (χ0v) is 12.2. The van der Waals surface area contributed by atoms with Gasteiger partial charge in [-0.25, -0.2) is 0 Å². The Morgan fingerprint density at radius 2 is 2.45 bits per heavy atom. The number of hydrogen-bond acceptors (Lipinski definition) is 5. The number of aryl methyl sites for hydroxylation is 2. The van der Waals surface area contributed by atoms with Gasteiger partial charge in [-0.15, -0.1) is 0 Å². The highest BCUT2D eigenvalue weighted by atomic mass is 16.5. The Bertz CT molecular complexity index is 413. The van der Waals surface area contributed by atoms with Gasteiger partial charge >= 0.3 is 0 Å². The van der Waals surface area contributed by atoms with E-state index in [1.54, 1.807) is 6.92 Å². The van der Waals surface area contributed by atoms with E-state index in [2.05, 4.69) is 20.8 Å². The molecular weight excluding hydrogens is 256 g/mol. The van der Waals surface area contributed by atoms with Crippen molar-refractivity contribution in [2.75, 3.05) is 19.6 Å². The SMILES string of the molecule is Cc1noc(CCCC(=O)NCCC2CCCNC2)n1. The minimum Gasteiger partial charge on any atom is -0.356 e. The molecule has 2 rings (SSSR count). The summed E-state index contributed by atoms with van der Waals surface area (Å²) in [5.41, 5.74) is 0. The fourth-order valence-corrected chi connectivity index (χ4v) is 2.52. The van der Waals surface area contributed by atoms with Gasteiger partial charge in [0.2, 0.25) is 11.8 Å². The van der Waals surface area contributed by atoms with Crippen molar-refractivity contribution in [2.24, 2.45) is 5.92 Å². The zero-order valence-electron chi connectivity index (χ0n) is 12.2. The van der Waals surface area contributed by atoms with Crippen molar-refractivity contribution in [1.82, 2.24) is 20.8 Å². The molecule has 1 atom stereocenters. The van der Waals surface area contributed by atoms with E-state index in [0.717, 1.165) is 32.5 Å². The Morgan fingerprint density at radius 1 is 1.55 bits per heavy atom. The maximum Gasteiger partial charge on any atom is 0.226 e. The summed E-state index contributed by atoms with van der Waals surface area (Å²) in [6.07, 6.45) is 5.53. The molecule has 0 aromatic carbocycles. The van der Waals surface area contributed by atoms with Crippen LogP contribution >= 0.6 is 0 Å². The third-order valence-corrected chi connectivity index (χ3v) is 3.64. The molecule has 1 unspecified atom stereocenters. The van der Waals surface area contributed by atoms with E-state index in [-0.39, 0.29) is 5.91 Å². The second kappa shape index (κ2) is 7.99. The Kier molecular flexibility index (Phi) is 5.98. The van der Waals surface area contributed by atoms with E-state index in [4.69, 9.17) is 4.52 Å². The van der Waals surface area contributed by atoms with Crippen molar-refractivity contribution in [1.29, 1.82) is 0 Å². The molecule has 1 aliphatic heterocycles. The molecule has 1 aromatic heterocycles. The molecule has 6 heteroatoms. The van der Waals surface area contributed by atoms with Gasteiger partial charge in [-0.3, -0.25) is 4.79 Å². The summed E-state index contributed by atoms with van der Waals surface area (Å²) in [6.45, 7) is 4.80. The van der Waals surface area contributed by atoms with Gasteiger partial charge in [-0.05, 0) is 51.6 Å². The first-order chi connectivity index (χ1) is 9.74. The van der Waals surface area contributed by atoms with E-state index < -0.39 is 0 Å². The number of carbonyl (C=O) groups excluding carboxylic acids is 1. The van der Waals surface area contributed by atoms with Gasteiger partial charge in [-0.2, -0.15) is 4.98 Å². The number of nitrogens with one attached hydrogen (secondary N) is 2. The maximum absolute atomic E-state index is 11.7. The molecule has 2 N–H and O–H groups in total. The van der Waals surface area contributed by atoms with Crippen molar-refractivity contribution in [3.63, 3.8) is 0 Å². The number of aromatic nitrogens is 2. The largest absolute Gasteiger partial charge is 0.356 e. The first-order valence-corrected chi connectivity index (χ1v) is 7.50. The highest BCUT2D eigenvalue weighted by molar-refractivity contribution is 5.75. The quantitative estimate of drug-likeness (QED) is 0.784. The van der Waals surface area contributed by atoms with Crippen LogP contribution in [0.25, 0.3) is 0 Å². The maximum atomic E-state index is 11.7. The van der Waals surface area contributed by atoms with Crippen LogP contribution in [0.15, 0.2) is 4.52 Å². The summed E-state index contributed by atoms with van der Waals surface area (Å²) in [4.78, 5) is 15.8. The van der Waals surface area contributed by atoms with Gasteiger partial charge in [0.05, 0.1) is 0 Å². The van der Waals surface area contributed by atoms with Crippen LogP contribution in [-0.2, 0) is 11.2 Å². The molecule has 0 bridgehead atoms. The van der Waals surface area contributed by atoms with E-state index in [0.29, 0.717) is 30.5 Å². The highest BCUT2D eigenvalue weighted by Crippen LogP contribution is 2.12. The lowest BCUT2D eigenvalue weighted by molar-refractivity contribution is -0.121. The Morgan fingerprint density at radius 3 is 3.15 bits per heavy atom. The lowest BCUT2D eigenvalue weighted by atomic mass is 9.96. The molecule has 1 saturated heterocycles. The first kappa shape index (κ1) is 15.0. The summed E-state index contributed by atoms with van der Waals surface area (Å²) in [7, 11) is 0. The number of piperidine rings is 1. The summed E-state index contributed by atoms with van der Waals surface area (Å²) < 4.78 is 5.01. The fourth-order valence-electron chi connectivity index (χ4n) is 2.52. The first-order valence-electron chi connectivity index (χ1n) is 7.50. The fraction of sp³-hybridized carbons (Fsp3) is 0.786. The van der Waals surface area contributed by atoms with Crippen LogP contribution in [0.3, 0.4) is 0 Å². The number of amides is 1. The van der Waals surface area contributed by atoms with E-state index in [9.17, 15) is 4.79 Å². The monoisotopic (exact) mass is 280 g/mol. The summed E-state index contributed by atoms with van der Waals surface area (Å²) in [6, 6.07) is 0. The predicted octanol–water partition coefficient (Wildman–Crippen LogP) is 1.21. The van der Waals surface area contributed by atoms with Crippen LogP contribution in [0.4, 0.5) is 0 Å². The molecule has 6 nitrogen and oxygen atoms in total. The minimum atomic E-state index is 0.116. The van der Waals surface area contributed by atoms with Crippen molar-refractivity contribution >= 4 is 5.91 Å². The van der Waals surface area contributed by atoms with Crippen LogP contribution in [0.2, 0.25) is 0 Å².